The molecule has 0 unspecified atom stereocenters. The Morgan fingerprint density at radius 1 is 1.04 bits per heavy atom. The van der Waals surface area contributed by atoms with E-state index >= 15 is 0 Å². The molecule has 0 heterocycles. The molecule has 0 saturated heterocycles. The van der Waals surface area contributed by atoms with E-state index in [1.165, 1.54) is 25.7 Å². The van der Waals surface area contributed by atoms with E-state index in [4.69, 9.17) is 4.74 Å². The topological polar surface area (TPSA) is 46.5 Å². The zero-order valence-electron chi connectivity index (χ0n) is 15.9. The van der Waals surface area contributed by atoms with Crippen LogP contribution in [0.3, 0.4) is 0 Å². The molecular formula is C21H34O3. The second-order valence-electron chi connectivity index (χ2n) is 10.3. The van der Waals surface area contributed by atoms with Crippen molar-refractivity contribution in [2.75, 3.05) is 7.11 Å². The molecule has 1 spiro atoms. The molecule has 24 heavy (non-hydrogen) atoms. The average Bonchev–Trinajstić information content (AvgIpc) is 2.70. The molecule has 136 valence electrons. The number of ether oxygens (including phenoxy) is 1. The van der Waals surface area contributed by atoms with E-state index < -0.39 is 5.60 Å². The third-order valence-electron chi connectivity index (χ3n) is 9.14. The van der Waals surface area contributed by atoms with E-state index in [0.29, 0.717) is 23.2 Å². The molecule has 0 aliphatic heterocycles. The van der Waals surface area contributed by atoms with E-state index in [1.54, 1.807) is 7.11 Å². The highest BCUT2D eigenvalue weighted by Crippen LogP contribution is 2.72. The van der Waals surface area contributed by atoms with Crippen LogP contribution in [0.4, 0.5) is 0 Å². The van der Waals surface area contributed by atoms with Gasteiger partial charge in [0.1, 0.15) is 0 Å². The summed E-state index contributed by atoms with van der Waals surface area (Å²) in [6.45, 7) is 6.70. The van der Waals surface area contributed by atoms with E-state index in [1.807, 2.05) is 0 Å². The molecule has 4 rings (SSSR count). The van der Waals surface area contributed by atoms with Gasteiger partial charge in [0.2, 0.25) is 0 Å². The summed E-state index contributed by atoms with van der Waals surface area (Å²) in [6, 6.07) is 0. The normalized spacial score (nSPS) is 56.3. The third kappa shape index (κ3) is 1.97. The summed E-state index contributed by atoms with van der Waals surface area (Å²) >= 11 is 0. The fourth-order valence-electron chi connectivity index (χ4n) is 8.27. The van der Waals surface area contributed by atoms with Crippen LogP contribution in [0.5, 0.6) is 0 Å². The molecule has 3 nitrogen and oxygen atoms in total. The first-order valence-electron chi connectivity index (χ1n) is 9.99. The molecule has 2 bridgehead atoms. The van der Waals surface area contributed by atoms with Crippen LogP contribution in [0.15, 0.2) is 0 Å². The fourth-order valence-corrected chi connectivity index (χ4v) is 8.27. The predicted octanol–water partition coefficient (Wildman–Crippen LogP) is 4.32. The van der Waals surface area contributed by atoms with Gasteiger partial charge in [0, 0.05) is 0 Å². The summed E-state index contributed by atoms with van der Waals surface area (Å²) in [5.74, 6) is 1.59. The van der Waals surface area contributed by atoms with Crippen molar-refractivity contribution in [3.63, 3.8) is 0 Å². The highest BCUT2D eigenvalue weighted by Gasteiger charge is 2.67. The Hall–Kier alpha value is -0.570. The first-order chi connectivity index (χ1) is 11.2. The lowest BCUT2D eigenvalue weighted by Gasteiger charge is -2.63. The van der Waals surface area contributed by atoms with E-state index in [2.05, 4.69) is 20.8 Å². The van der Waals surface area contributed by atoms with Crippen molar-refractivity contribution in [3.05, 3.63) is 0 Å². The summed E-state index contributed by atoms with van der Waals surface area (Å²) in [5, 5.41) is 10.9. The molecule has 0 aromatic heterocycles. The van der Waals surface area contributed by atoms with Crippen LogP contribution in [0.2, 0.25) is 0 Å². The monoisotopic (exact) mass is 334 g/mol. The van der Waals surface area contributed by atoms with Crippen molar-refractivity contribution < 1.29 is 14.6 Å². The van der Waals surface area contributed by atoms with Gasteiger partial charge >= 0.3 is 5.97 Å². The highest BCUT2D eigenvalue weighted by molar-refractivity contribution is 5.77. The first kappa shape index (κ1) is 16.9. The lowest BCUT2D eigenvalue weighted by molar-refractivity contribution is -0.184. The minimum atomic E-state index is -0.474. The quantitative estimate of drug-likeness (QED) is 0.726. The van der Waals surface area contributed by atoms with Crippen LogP contribution in [0, 0.1) is 34.0 Å². The van der Waals surface area contributed by atoms with Crippen LogP contribution in [0.25, 0.3) is 0 Å². The molecule has 4 saturated carbocycles. The van der Waals surface area contributed by atoms with Gasteiger partial charge in [-0.25, -0.2) is 0 Å². The maximum Gasteiger partial charge on any atom is 0.311 e. The summed E-state index contributed by atoms with van der Waals surface area (Å²) in [6.07, 6.45) is 10.3. The number of hydrogen-bond donors (Lipinski definition) is 1. The molecule has 3 heteroatoms. The Morgan fingerprint density at radius 3 is 2.50 bits per heavy atom. The fraction of sp³-hybridized carbons (Fsp3) is 0.952. The zero-order chi connectivity index (χ0) is 17.4. The van der Waals surface area contributed by atoms with E-state index in [-0.39, 0.29) is 16.8 Å². The standard InChI is InChI=1S/C21H34O3/c1-18-9-5-10-19(2,17(22)24-4)15(18)8-11-21-12-14(6-7-16(18)21)20(3,23)13-21/h14-16,23H,5-13H2,1-4H3/t14-,15+,16+,18-,19+,20-,21+/m0/s1. The first-order valence-corrected chi connectivity index (χ1v) is 9.99. The van der Waals surface area contributed by atoms with Gasteiger partial charge < -0.3 is 9.84 Å². The summed E-state index contributed by atoms with van der Waals surface area (Å²) in [5.41, 5.74) is -0.240. The van der Waals surface area contributed by atoms with Gasteiger partial charge in [-0.2, -0.15) is 0 Å². The molecule has 1 N–H and O–H groups in total. The lowest BCUT2D eigenvalue weighted by Crippen LogP contribution is -2.58. The van der Waals surface area contributed by atoms with E-state index in [0.717, 1.165) is 32.1 Å². The minimum Gasteiger partial charge on any atom is -0.469 e. The SMILES string of the molecule is COC(=O)[C@]1(C)CCC[C@@]2(C)[C@H]1CC[C@]13C[C@H](CC[C@@H]12)[C@@](C)(O)C3. The summed E-state index contributed by atoms with van der Waals surface area (Å²) < 4.78 is 5.24. The Labute approximate surface area is 146 Å². The van der Waals surface area contributed by atoms with Crippen molar-refractivity contribution in [1.82, 2.24) is 0 Å². The van der Waals surface area contributed by atoms with Crippen molar-refractivity contribution in [2.24, 2.45) is 34.0 Å². The van der Waals surface area contributed by atoms with Gasteiger partial charge in [0.05, 0.1) is 18.1 Å². The number of esters is 1. The Kier molecular flexibility index (Phi) is 3.51. The van der Waals surface area contributed by atoms with Crippen molar-refractivity contribution in [3.8, 4) is 0 Å². The average molecular weight is 335 g/mol. The maximum absolute atomic E-state index is 12.6. The Bertz CT molecular complexity index is 555. The van der Waals surface area contributed by atoms with Gasteiger partial charge in [-0.15, -0.1) is 0 Å². The maximum atomic E-state index is 12.6. The zero-order valence-corrected chi connectivity index (χ0v) is 15.9. The predicted molar refractivity (Wildman–Crippen MR) is 93.3 cm³/mol. The molecule has 7 atom stereocenters. The molecule has 4 aliphatic rings. The minimum absolute atomic E-state index is 0.00137. The molecule has 0 aromatic carbocycles. The van der Waals surface area contributed by atoms with Crippen LogP contribution < -0.4 is 0 Å². The molecule has 0 radical (unpaired) electrons. The van der Waals surface area contributed by atoms with Crippen LogP contribution in [-0.2, 0) is 9.53 Å². The smallest absolute Gasteiger partial charge is 0.311 e. The second kappa shape index (κ2) is 4.99. The van der Waals surface area contributed by atoms with Crippen LogP contribution >= 0.6 is 0 Å². The van der Waals surface area contributed by atoms with Gasteiger partial charge in [-0.3, -0.25) is 4.79 Å². The van der Waals surface area contributed by atoms with Crippen molar-refractivity contribution >= 4 is 5.97 Å². The van der Waals surface area contributed by atoms with Gasteiger partial charge in [-0.05, 0) is 93.8 Å². The number of rotatable bonds is 1. The number of carbonyl (C=O) groups is 1. The Morgan fingerprint density at radius 2 is 1.79 bits per heavy atom. The molecule has 0 aromatic rings. The van der Waals surface area contributed by atoms with Gasteiger partial charge in [0.15, 0.2) is 0 Å². The number of hydrogen-bond acceptors (Lipinski definition) is 3. The van der Waals surface area contributed by atoms with Gasteiger partial charge in [0.25, 0.3) is 0 Å². The van der Waals surface area contributed by atoms with Gasteiger partial charge in [-0.1, -0.05) is 13.3 Å². The third-order valence-corrected chi connectivity index (χ3v) is 9.14. The lowest BCUT2D eigenvalue weighted by atomic mass is 9.41. The molecular weight excluding hydrogens is 300 g/mol. The highest BCUT2D eigenvalue weighted by atomic mass is 16.5. The summed E-state index contributed by atoms with van der Waals surface area (Å²) in [7, 11) is 1.54. The van der Waals surface area contributed by atoms with Crippen LogP contribution in [-0.4, -0.2) is 23.8 Å². The molecule has 4 aliphatic carbocycles. The number of carbonyl (C=O) groups excluding carboxylic acids is 1. The number of fused-ring (bicyclic) bond motifs is 3. The summed E-state index contributed by atoms with van der Waals surface area (Å²) in [4.78, 5) is 12.6. The Balaban J connectivity index is 1.72. The number of methoxy groups -OCH3 is 1. The van der Waals surface area contributed by atoms with Crippen molar-refractivity contribution in [1.29, 1.82) is 0 Å². The van der Waals surface area contributed by atoms with Crippen LogP contribution in [0.1, 0.15) is 78.6 Å². The molecule has 4 fully saturated rings. The van der Waals surface area contributed by atoms with E-state index in [9.17, 15) is 9.90 Å². The largest absolute Gasteiger partial charge is 0.469 e. The van der Waals surface area contributed by atoms with Crippen molar-refractivity contribution in [2.45, 2.75) is 84.2 Å². The number of aliphatic hydroxyl groups is 1. The second-order valence-corrected chi connectivity index (χ2v) is 10.3. The molecule has 0 amide bonds.